The first-order chi connectivity index (χ1) is 13.7. The Labute approximate surface area is 169 Å². The van der Waals surface area contributed by atoms with Crippen molar-refractivity contribution in [3.05, 3.63) is 59.7 Å². The van der Waals surface area contributed by atoms with Gasteiger partial charge in [-0.05, 0) is 56.7 Å². The minimum absolute atomic E-state index is 0.0342. The molecule has 2 heterocycles. The van der Waals surface area contributed by atoms with Gasteiger partial charge in [-0.1, -0.05) is 17.7 Å². The SMILES string of the molecule is Cc1cccc(-c2nnc(-c3ccc(C(=O)NC4(C)CCS(=O)(=O)C4)cc3)o2)c1. The zero-order valence-corrected chi connectivity index (χ0v) is 17.0. The number of rotatable bonds is 4. The molecule has 150 valence electrons. The van der Waals surface area contributed by atoms with Crippen LogP contribution in [0.15, 0.2) is 52.9 Å². The number of nitrogens with zero attached hydrogens (tertiary/aromatic N) is 2. The van der Waals surface area contributed by atoms with E-state index in [1.807, 2.05) is 31.2 Å². The van der Waals surface area contributed by atoms with Gasteiger partial charge in [0.25, 0.3) is 5.91 Å². The van der Waals surface area contributed by atoms with Crippen LogP contribution >= 0.6 is 0 Å². The van der Waals surface area contributed by atoms with Crippen molar-refractivity contribution in [3.8, 4) is 22.9 Å². The summed E-state index contributed by atoms with van der Waals surface area (Å²) in [5, 5.41) is 11.0. The van der Waals surface area contributed by atoms with Crippen LogP contribution in [-0.4, -0.2) is 41.6 Å². The number of aryl methyl sites for hydroxylation is 1. The molecule has 2 aromatic carbocycles. The molecular weight excluding hydrogens is 390 g/mol. The van der Waals surface area contributed by atoms with Gasteiger partial charge in [0.2, 0.25) is 11.8 Å². The van der Waals surface area contributed by atoms with Gasteiger partial charge in [-0.3, -0.25) is 4.79 Å². The number of hydrogen-bond donors (Lipinski definition) is 1. The summed E-state index contributed by atoms with van der Waals surface area (Å²) in [7, 11) is -3.09. The van der Waals surface area contributed by atoms with Crippen LogP contribution in [0.3, 0.4) is 0 Å². The summed E-state index contributed by atoms with van der Waals surface area (Å²) in [6, 6.07) is 14.6. The minimum Gasteiger partial charge on any atom is -0.416 e. The maximum absolute atomic E-state index is 12.5. The lowest BCUT2D eigenvalue weighted by Gasteiger charge is -2.23. The topological polar surface area (TPSA) is 102 Å². The first kappa shape index (κ1) is 19.3. The van der Waals surface area contributed by atoms with Gasteiger partial charge in [0.1, 0.15) is 0 Å². The van der Waals surface area contributed by atoms with Gasteiger partial charge in [0.05, 0.1) is 17.0 Å². The fraction of sp³-hybridized carbons (Fsp3) is 0.286. The highest BCUT2D eigenvalue weighted by Gasteiger charge is 2.39. The lowest BCUT2D eigenvalue weighted by molar-refractivity contribution is 0.0915. The van der Waals surface area contributed by atoms with Gasteiger partial charge >= 0.3 is 0 Å². The molecule has 1 aliphatic heterocycles. The molecule has 8 heteroatoms. The number of carbonyl (C=O) groups excluding carboxylic acids is 1. The molecule has 0 radical (unpaired) electrons. The van der Waals surface area contributed by atoms with Gasteiger partial charge in [-0.25, -0.2) is 8.42 Å². The van der Waals surface area contributed by atoms with Crippen LogP contribution in [0.5, 0.6) is 0 Å². The molecule has 1 atom stereocenters. The normalized spacial score (nSPS) is 20.5. The Kier molecular flexibility index (Phi) is 4.74. The summed E-state index contributed by atoms with van der Waals surface area (Å²) in [5.74, 6) is 0.557. The number of amides is 1. The quantitative estimate of drug-likeness (QED) is 0.708. The first-order valence-electron chi connectivity index (χ1n) is 9.27. The fourth-order valence-corrected chi connectivity index (χ4v) is 5.55. The van der Waals surface area contributed by atoms with E-state index in [0.717, 1.165) is 11.1 Å². The van der Waals surface area contributed by atoms with Crippen molar-refractivity contribution in [1.29, 1.82) is 0 Å². The van der Waals surface area contributed by atoms with E-state index in [1.165, 1.54) is 0 Å². The van der Waals surface area contributed by atoms with Gasteiger partial charge in [0, 0.05) is 16.7 Å². The minimum atomic E-state index is -3.09. The average Bonchev–Trinajstić information content (AvgIpc) is 3.26. The van der Waals surface area contributed by atoms with Crippen LogP contribution in [0.2, 0.25) is 0 Å². The second-order valence-electron chi connectivity index (χ2n) is 7.72. The fourth-order valence-electron chi connectivity index (χ4n) is 3.45. The maximum Gasteiger partial charge on any atom is 0.251 e. The predicted molar refractivity (Wildman–Crippen MR) is 109 cm³/mol. The van der Waals surface area contributed by atoms with Crippen molar-refractivity contribution in [2.75, 3.05) is 11.5 Å². The summed E-state index contributed by atoms with van der Waals surface area (Å²) in [6.07, 6.45) is 0.420. The van der Waals surface area contributed by atoms with E-state index in [2.05, 4.69) is 15.5 Å². The van der Waals surface area contributed by atoms with E-state index < -0.39 is 15.4 Å². The summed E-state index contributed by atoms with van der Waals surface area (Å²) in [4.78, 5) is 12.5. The molecular formula is C21H21N3O4S. The molecule has 1 unspecified atom stereocenters. The van der Waals surface area contributed by atoms with E-state index in [9.17, 15) is 13.2 Å². The predicted octanol–water partition coefficient (Wildman–Crippen LogP) is 3.02. The Morgan fingerprint density at radius 3 is 2.38 bits per heavy atom. The molecule has 0 bridgehead atoms. The molecule has 1 N–H and O–H groups in total. The van der Waals surface area contributed by atoms with E-state index >= 15 is 0 Å². The van der Waals surface area contributed by atoms with Crippen LogP contribution < -0.4 is 5.32 Å². The number of sulfone groups is 1. The number of nitrogens with one attached hydrogen (secondary N) is 1. The van der Waals surface area contributed by atoms with Crippen LogP contribution in [0.1, 0.15) is 29.3 Å². The Hall–Kier alpha value is -3.00. The monoisotopic (exact) mass is 411 g/mol. The average molecular weight is 411 g/mol. The van der Waals surface area contributed by atoms with Crippen molar-refractivity contribution in [2.24, 2.45) is 0 Å². The van der Waals surface area contributed by atoms with Crippen molar-refractivity contribution in [3.63, 3.8) is 0 Å². The van der Waals surface area contributed by atoms with Gasteiger partial charge in [-0.15, -0.1) is 10.2 Å². The van der Waals surface area contributed by atoms with Crippen molar-refractivity contribution >= 4 is 15.7 Å². The molecule has 1 fully saturated rings. The zero-order valence-electron chi connectivity index (χ0n) is 16.2. The maximum atomic E-state index is 12.5. The lowest BCUT2D eigenvalue weighted by Crippen LogP contribution is -2.46. The Bertz CT molecular complexity index is 1170. The number of benzene rings is 2. The van der Waals surface area contributed by atoms with Crippen LogP contribution in [-0.2, 0) is 9.84 Å². The summed E-state index contributed by atoms with van der Waals surface area (Å²) in [6.45, 7) is 3.75. The molecule has 1 aromatic heterocycles. The first-order valence-corrected chi connectivity index (χ1v) is 11.1. The Morgan fingerprint density at radius 2 is 1.76 bits per heavy atom. The molecule has 7 nitrogen and oxygen atoms in total. The third kappa shape index (κ3) is 4.22. The lowest BCUT2D eigenvalue weighted by atomic mass is 10.0. The summed E-state index contributed by atoms with van der Waals surface area (Å²) < 4.78 is 29.2. The number of carbonyl (C=O) groups is 1. The van der Waals surface area contributed by atoms with Gasteiger partial charge in [-0.2, -0.15) is 0 Å². The molecule has 3 aromatic rings. The molecule has 29 heavy (non-hydrogen) atoms. The molecule has 0 saturated carbocycles. The summed E-state index contributed by atoms with van der Waals surface area (Å²) in [5.41, 5.74) is 2.35. The highest BCUT2D eigenvalue weighted by atomic mass is 32.2. The molecule has 1 saturated heterocycles. The molecule has 4 rings (SSSR count). The van der Waals surface area contributed by atoms with Crippen molar-refractivity contribution < 1.29 is 17.6 Å². The van der Waals surface area contributed by atoms with Crippen LogP contribution in [0.25, 0.3) is 22.9 Å². The highest BCUT2D eigenvalue weighted by Crippen LogP contribution is 2.26. The van der Waals surface area contributed by atoms with E-state index in [-0.39, 0.29) is 17.4 Å². The van der Waals surface area contributed by atoms with E-state index in [4.69, 9.17) is 4.42 Å². The Morgan fingerprint density at radius 1 is 1.07 bits per heavy atom. The van der Waals surface area contributed by atoms with Crippen molar-refractivity contribution in [1.82, 2.24) is 15.5 Å². The second-order valence-corrected chi connectivity index (χ2v) is 9.90. The standard InChI is InChI=1S/C21H21N3O4S/c1-14-4-3-5-17(12-14)20-24-23-19(28-20)16-8-6-15(7-9-16)18(25)22-21(2)10-11-29(26,27)13-21/h3-9,12H,10-11,13H2,1-2H3,(H,22,25). The van der Waals surface area contributed by atoms with Gasteiger partial charge in [0.15, 0.2) is 9.84 Å². The Balaban J connectivity index is 1.49. The second kappa shape index (κ2) is 7.11. The molecule has 0 spiro atoms. The van der Waals surface area contributed by atoms with E-state index in [0.29, 0.717) is 29.3 Å². The molecule has 1 aliphatic rings. The number of aromatic nitrogens is 2. The third-order valence-corrected chi connectivity index (χ3v) is 6.91. The number of hydrogen-bond acceptors (Lipinski definition) is 6. The summed E-state index contributed by atoms with van der Waals surface area (Å²) >= 11 is 0. The third-order valence-electron chi connectivity index (χ3n) is 5.00. The van der Waals surface area contributed by atoms with Crippen LogP contribution in [0.4, 0.5) is 0 Å². The highest BCUT2D eigenvalue weighted by molar-refractivity contribution is 7.91. The van der Waals surface area contributed by atoms with E-state index in [1.54, 1.807) is 31.2 Å². The molecule has 0 aliphatic carbocycles. The largest absolute Gasteiger partial charge is 0.416 e. The van der Waals surface area contributed by atoms with Gasteiger partial charge < -0.3 is 9.73 Å². The van der Waals surface area contributed by atoms with Crippen molar-refractivity contribution in [2.45, 2.75) is 25.8 Å². The smallest absolute Gasteiger partial charge is 0.251 e. The van der Waals surface area contributed by atoms with Crippen LogP contribution in [0, 0.1) is 6.92 Å². The zero-order chi connectivity index (χ0) is 20.6. The molecule has 1 amide bonds.